The average molecular weight is 266 g/mol. The topological polar surface area (TPSA) is 24.9 Å². The standard InChI is InChI=1S/C18H22N2/c1-4-6-15(13-19-3)8-9-16-10-11-17-7-5-12-20-18(17)14(16)2/h5-12,19H,4,13H2,1-3H3/b9-8-,15-6-. The highest BCUT2D eigenvalue weighted by Gasteiger charge is 2.01. The fraction of sp³-hybridized carbons (Fsp3) is 0.278. The lowest BCUT2D eigenvalue weighted by Crippen LogP contribution is -2.09. The SMILES string of the molecule is CC/C=C(/C=C\c1ccc2cccnc2c1C)CNC. The molecule has 1 heterocycles. The highest BCUT2D eigenvalue weighted by Crippen LogP contribution is 2.21. The number of fused-ring (bicyclic) bond motifs is 1. The molecule has 0 unspecified atom stereocenters. The monoisotopic (exact) mass is 266 g/mol. The minimum Gasteiger partial charge on any atom is -0.316 e. The Hall–Kier alpha value is -1.93. The van der Waals surface area contributed by atoms with Crippen LogP contribution in [0.15, 0.2) is 48.2 Å². The number of allylic oxidation sites excluding steroid dienone is 1. The van der Waals surface area contributed by atoms with Crippen molar-refractivity contribution in [3.8, 4) is 0 Å². The van der Waals surface area contributed by atoms with Crippen LogP contribution in [0.5, 0.6) is 0 Å². The van der Waals surface area contributed by atoms with Gasteiger partial charge in [-0.3, -0.25) is 4.98 Å². The second kappa shape index (κ2) is 7.01. The van der Waals surface area contributed by atoms with E-state index in [9.17, 15) is 0 Å². The molecular formula is C18H22N2. The molecule has 0 aliphatic heterocycles. The van der Waals surface area contributed by atoms with Crippen LogP contribution in [0.2, 0.25) is 0 Å². The molecule has 104 valence electrons. The molecular weight excluding hydrogens is 244 g/mol. The molecule has 0 aliphatic rings. The van der Waals surface area contributed by atoms with E-state index in [1.165, 1.54) is 22.1 Å². The Bertz CT molecular complexity index is 639. The van der Waals surface area contributed by atoms with Gasteiger partial charge < -0.3 is 5.32 Å². The first-order chi connectivity index (χ1) is 9.76. The van der Waals surface area contributed by atoms with Gasteiger partial charge in [0.15, 0.2) is 0 Å². The van der Waals surface area contributed by atoms with Gasteiger partial charge in [0.1, 0.15) is 0 Å². The molecule has 0 saturated heterocycles. The van der Waals surface area contributed by atoms with E-state index in [1.54, 1.807) is 0 Å². The number of nitrogens with one attached hydrogen (secondary N) is 1. The van der Waals surface area contributed by atoms with E-state index in [1.807, 2.05) is 19.3 Å². The molecule has 0 amide bonds. The number of hydrogen-bond acceptors (Lipinski definition) is 2. The lowest BCUT2D eigenvalue weighted by Gasteiger charge is -2.06. The minimum atomic E-state index is 0.898. The molecule has 2 nitrogen and oxygen atoms in total. The predicted octanol–water partition coefficient (Wildman–Crippen LogP) is 4.11. The Labute approximate surface area is 121 Å². The van der Waals surface area contributed by atoms with Crippen molar-refractivity contribution in [1.82, 2.24) is 10.3 Å². The van der Waals surface area contributed by atoms with Crippen LogP contribution >= 0.6 is 0 Å². The number of aryl methyl sites for hydroxylation is 1. The van der Waals surface area contributed by atoms with Crippen molar-refractivity contribution in [2.75, 3.05) is 13.6 Å². The van der Waals surface area contributed by atoms with Crippen LogP contribution < -0.4 is 5.32 Å². The van der Waals surface area contributed by atoms with Crippen molar-refractivity contribution in [2.45, 2.75) is 20.3 Å². The van der Waals surface area contributed by atoms with E-state index >= 15 is 0 Å². The zero-order valence-electron chi connectivity index (χ0n) is 12.5. The number of aromatic nitrogens is 1. The maximum Gasteiger partial charge on any atom is 0.0737 e. The first-order valence-electron chi connectivity index (χ1n) is 7.12. The van der Waals surface area contributed by atoms with Gasteiger partial charge in [0.05, 0.1) is 5.52 Å². The lowest BCUT2D eigenvalue weighted by molar-refractivity contribution is 0.890. The highest BCUT2D eigenvalue weighted by molar-refractivity contribution is 5.85. The van der Waals surface area contributed by atoms with Crippen LogP contribution in [0, 0.1) is 6.92 Å². The van der Waals surface area contributed by atoms with Crippen LogP contribution in [0.4, 0.5) is 0 Å². The van der Waals surface area contributed by atoms with Crippen LogP contribution in [0.1, 0.15) is 24.5 Å². The third kappa shape index (κ3) is 3.34. The second-order valence-corrected chi connectivity index (χ2v) is 4.91. The molecule has 0 spiro atoms. The average Bonchev–Trinajstić information content (AvgIpc) is 2.47. The summed E-state index contributed by atoms with van der Waals surface area (Å²) in [6.45, 7) is 5.19. The zero-order chi connectivity index (χ0) is 14.4. The maximum atomic E-state index is 4.48. The van der Waals surface area contributed by atoms with E-state index in [0.29, 0.717) is 0 Å². The maximum absolute atomic E-state index is 4.48. The predicted molar refractivity (Wildman–Crippen MR) is 87.8 cm³/mol. The minimum absolute atomic E-state index is 0.898. The first kappa shape index (κ1) is 14.5. The van der Waals surface area contributed by atoms with E-state index in [4.69, 9.17) is 0 Å². The van der Waals surface area contributed by atoms with Crippen LogP contribution in [0.3, 0.4) is 0 Å². The van der Waals surface area contributed by atoms with E-state index in [2.05, 4.69) is 60.6 Å². The van der Waals surface area contributed by atoms with Gasteiger partial charge in [-0.1, -0.05) is 43.4 Å². The normalized spacial score (nSPS) is 12.4. The van der Waals surface area contributed by atoms with Gasteiger partial charge in [0, 0.05) is 18.1 Å². The van der Waals surface area contributed by atoms with Gasteiger partial charge >= 0.3 is 0 Å². The van der Waals surface area contributed by atoms with Crippen LogP contribution in [-0.2, 0) is 0 Å². The molecule has 0 fully saturated rings. The summed E-state index contributed by atoms with van der Waals surface area (Å²) >= 11 is 0. The molecule has 0 atom stereocenters. The van der Waals surface area contributed by atoms with Crippen molar-refractivity contribution >= 4 is 17.0 Å². The van der Waals surface area contributed by atoms with Crippen LogP contribution in [0.25, 0.3) is 17.0 Å². The van der Waals surface area contributed by atoms with Gasteiger partial charge in [-0.15, -0.1) is 0 Å². The number of pyridine rings is 1. The van der Waals surface area contributed by atoms with E-state index < -0.39 is 0 Å². The van der Waals surface area contributed by atoms with E-state index in [-0.39, 0.29) is 0 Å². The number of likely N-dealkylation sites (N-methyl/N-ethyl adjacent to an activating group) is 1. The van der Waals surface area contributed by atoms with Crippen molar-refractivity contribution in [3.05, 3.63) is 59.3 Å². The molecule has 2 aromatic rings. The number of hydrogen-bond donors (Lipinski definition) is 1. The first-order valence-corrected chi connectivity index (χ1v) is 7.12. The summed E-state index contributed by atoms with van der Waals surface area (Å²) in [5.74, 6) is 0. The Balaban J connectivity index is 2.34. The van der Waals surface area contributed by atoms with Crippen molar-refractivity contribution in [3.63, 3.8) is 0 Å². The third-order valence-corrected chi connectivity index (χ3v) is 3.39. The smallest absolute Gasteiger partial charge is 0.0737 e. The Morgan fingerprint density at radius 1 is 1.30 bits per heavy atom. The lowest BCUT2D eigenvalue weighted by atomic mass is 10.0. The van der Waals surface area contributed by atoms with Gasteiger partial charge in [-0.2, -0.15) is 0 Å². The van der Waals surface area contributed by atoms with Gasteiger partial charge in [0.25, 0.3) is 0 Å². The van der Waals surface area contributed by atoms with Gasteiger partial charge in [-0.25, -0.2) is 0 Å². The number of nitrogens with zero attached hydrogens (tertiary/aromatic N) is 1. The Morgan fingerprint density at radius 2 is 2.15 bits per heavy atom. The summed E-state index contributed by atoms with van der Waals surface area (Å²) in [5.41, 5.74) is 4.87. The van der Waals surface area contributed by atoms with E-state index in [0.717, 1.165) is 18.5 Å². The quantitative estimate of drug-likeness (QED) is 0.824. The summed E-state index contributed by atoms with van der Waals surface area (Å²) in [4.78, 5) is 4.48. The molecule has 0 aliphatic carbocycles. The second-order valence-electron chi connectivity index (χ2n) is 4.91. The van der Waals surface area contributed by atoms with Gasteiger partial charge in [-0.05, 0) is 43.2 Å². The van der Waals surface area contributed by atoms with Gasteiger partial charge in [0.2, 0.25) is 0 Å². The molecule has 2 rings (SSSR count). The van der Waals surface area contributed by atoms with Crippen LogP contribution in [-0.4, -0.2) is 18.6 Å². The fourth-order valence-electron chi connectivity index (χ4n) is 2.35. The number of rotatable bonds is 5. The molecule has 20 heavy (non-hydrogen) atoms. The van der Waals surface area contributed by atoms with Crippen molar-refractivity contribution in [2.24, 2.45) is 0 Å². The molecule has 1 aromatic carbocycles. The Morgan fingerprint density at radius 3 is 2.90 bits per heavy atom. The van der Waals surface area contributed by atoms with Crippen molar-refractivity contribution in [1.29, 1.82) is 0 Å². The van der Waals surface area contributed by atoms with Crippen molar-refractivity contribution < 1.29 is 0 Å². The largest absolute Gasteiger partial charge is 0.316 e. The number of benzene rings is 1. The summed E-state index contributed by atoms with van der Waals surface area (Å²) in [7, 11) is 1.97. The summed E-state index contributed by atoms with van der Waals surface area (Å²) in [6, 6.07) is 8.38. The summed E-state index contributed by atoms with van der Waals surface area (Å²) in [5, 5.41) is 4.40. The molecule has 2 heteroatoms. The molecule has 0 saturated carbocycles. The summed E-state index contributed by atoms with van der Waals surface area (Å²) < 4.78 is 0. The zero-order valence-corrected chi connectivity index (χ0v) is 12.5. The fourth-order valence-corrected chi connectivity index (χ4v) is 2.35. The third-order valence-electron chi connectivity index (χ3n) is 3.39. The molecule has 0 radical (unpaired) electrons. The Kier molecular flexibility index (Phi) is 5.08. The highest BCUT2D eigenvalue weighted by atomic mass is 14.8. The molecule has 1 aromatic heterocycles. The summed E-state index contributed by atoms with van der Waals surface area (Å²) in [6.07, 6.45) is 9.53. The molecule has 1 N–H and O–H groups in total. The molecule has 0 bridgehead atoms.